The SMILES string of the molecule is C[Si]1(C)C#CCCC#C[Si]1(C)C. The zero-order valence-electron chi connectivity index (χ0n) is 8.41. The van der Waals surface area contributed by atoms with Gasteiger partial charge in [0.1, 0.15) is 15.2 Å². The van der Waals surface area contributed by atoms with Crippen LogP contribution in [-0.4, -0.2) is 15.2 Å². The van der Waals surface area contributed by atoms with Crippen LogP contribution in [0.25, 0.3) is 0 Å². The minimum absolute atomic E-state index is 0.980. The summed E-state index contributed by atoms with van der Waals surface area (Å²) >= 11 is 0. The van der Waals surface area contributed by atoms with E-state index in [-0.39, 0.29) is 0 Å². The lowest BCUT2D eigenvalue weighted by Gasteiger charge is -2.28. The predicted octanol–water partition coefficient (Wildman–Crippen LogP) is 2.36. The van der Waals surface area contributed by atoms with Crippen LogP contribution in [0.1, 0.15) is 12.8 Å². The molecule has 1 heterocycles. The van der Waals surface area contributed by atoms with E-state index in [2.05, 4.69) is 49.1 Å². The Hall–Kier alpha value is -0.446. The average molecular weight is 192 g/mol. The standard InChI is InChI=1S/C10H16Si2/c1-11(2)9-7-5-6-8-10-12(11,3)4/h5-6H2,1-4H3. The van der Waals surface area contributed by atoms with Crippen LogP contribution in [0.15, 0.2) is 0 Å². The summed E-state index contributed by atoms with van der Waals surface area (Å²) in [6.07, 6.45) is 1.96. The van der Waals surface area contributed by atoms with E-state index in [9.17, 15) is 0 Å². The van der Waals surface area contributed by atoms with Gasteiger partial charge in [0.05, 0.1) is 0 Å². The van der Waals surface area contributed by atoms with E-state index in [1.54, 1.807) is 0 Å². The van der Waals surface area contributed by atoms with Crippen LogP contribution in [0.2, 0.25) is 26.2 Å². The Kier molecular flexibility index (Phi) is 2.51. The molecule has 0 nitrogen and oxygen atoms in total. The first-order chi connectivity index (χ1) is 5.46. The van der Waals surface area contributed by atoms with E-state index in [1.165, 1.54) is 0 Å². The molecule has 0 N–H and O–H groups in total. The fourth-order valence-corrected chi connectivity index (χ4v) is 5.17. The maximum atomic E-state index is 3.50. The number of hydrogen-bond donors (Lipinski definition) is 0. The molecule has 1 aliphatic rings. The number of hydrogen-bond acceptors (Lipinski definition) is 0. The first-order valence-electron chi connectivity index (χ1n) is 4.46. The molecule has 0 radical (unpaired) electrons. The van der Waals surface area contributed by atoms with Crippen molar-refractivity contribution in [1.82, 2.24) is 0 Å². The number of rotatable bonds is 0. The van der Waals surface area contributed by atoms with Gasteiger partial charge in [-0.2, -0.15) is 0 Å². The molecule has 0 aromatic heterocycles. The summed E-state index contributed by atoms with van der Waals surface area (Å²) in [7, 11) is -2.59. The highest BCUT2D eigenvalue weighted by Crippen LogP contribution is 2.18. The molecule has 2 heteroatoms. The second-order valence-electron chi connectivity index (χ2n) is 4.35. The van der Waals surface area contributed by atoms with Crippen molar-refractivity contribution < 1.29 is 0 Å². The third-order valence-electron chi connectivity index (χ3n) is 2.74. The van der Waals surface area contributed by atoms with E-state index < -0.39 is 15.2 Å². The van der Waals surface area contributed by atoms with Gasteiger partial charge < -0.3 is 0 Å². The molecule has 1 aliphatic heterocycles. The molecular weight excluding hydrogens is 176 g/mol. The monoisotopic (exact) mass is 192 g/mol. The van der Waals surface area contributed by atoms with Crippen LogP contribution in [0.5, 0.6) is 0 Å². The minimum atomic E-state index is -1.30. The molecule has 12 heavy (non-hydrogen) atoms. The molecule has 0 bridgehead atoms. The summed E-state index contributed by atoms with van der Waals surface area (Å²) in [4.78, 5) is 0. The van der Waals surface area contributed by atoms with E-state index in [0.29, 0.717) is 0 Å². The van der Waals surface area contributed by atoms with Crippen LogP contribution in [0, 0.1) is 22.9 Å². The van der Waals surface area contributed by atoms with Gasteiger partial charge in [0.2, 0.25) is 0 Å². The molecule has 0 atom stereocenters. The zero-order valence-corrected chi connectivity index (χ0v) is 10.4. The topological polar surface area (TPSA) is 0 Å². The minimum Gasteiger partial charge on any atom is -0.134 e. The normalized spacial score (nSPS) is 23.7. The van der Waals surface area contributed by atoms with Crippen LogP contribution < -0.4 is 0 Å². The second kappa shape index (κ2) is 3.13. The maximum absolute atomic E-state index is 3.50. The Balaban J connectivity index is 3.04. The Labute approximate surface area is 77.6 Å². The second-order valence-corrected chi connectivity index (χ2v) is 18.9. The lowest BCUT2D eigenvalue weighted by molar-refractivity contribution is 1.12. The van der Waals surface area contributed by atoms with Gasteiger partial charge in [-0.3, -0.25) is 0 Å². The van der Waals surface area contributed by atoms with Gasteiger partial charge in [-0.25, -0.2) is 0 Å². The Bertz CT molecular complexity index is 259. The summed E-state index contributed by atoms with van der Waals surface area (Å²) in [5, 5.41) is 0. The van der Waals surface area contributed by atoms with Crippen LogP contribution >= 0.6 is 0 Å². The predicted molar refractivity (Wildman–Crippen MR) is 59.8 cm³/mol. The largest absolute Gasteiger partial charge is 0.138 e. The summed E-state index contributed by atoms with van der Waals surface area (Å²) < 4.78 is 0. The summed E-state index contributed by atoms with van der Waals surface area (Å²) in [6.45, 7) is 9.47. The van der Waals surface area contributed by atoms with Gasteiger partial charge in [-0.15, -0.1) is 22.9 Å². The van der Waals surface area contributed by atoms with E-state index >= 15 is 0 Å². The van der Waals surface area contributed by atoms with Crippen molar-refractivity contribution in [2.24, 2.45) is 0 Å². The molecule has 0 spiro atoms. The van der Waals surface area contributed by atoms with Crippen molar-refractivity contribution in [3.63, 3.8) is 0 Å². The van der Waals surface area contributed by atoms with E-state index in [4.69, 9.17) is 0 Å². The fraction of sp³-hybridized carbons (Fsp3) is 0.600. The van der Waals surface area contributed by atoms with Gasteiger partial charge >= 0.3 is 0 Å². The lowest BCUT2D eigenvalue weighted by atomic mass is 10.3. The van der Waals surface area contributed by atoms with Crippen molar-refractivity contribution in [3.8, 4) is 22.9 Å². The first kappa shape index (κ1) is 9.64. The zero-order chi connectivity index (χ0) is 9.24. The first-order valence-corrected chi connectivity index (χ1v) is 11.5. The lowest BCUT2D eigenvalue weighted by Crippen LogP contribution is -2.53. The smallest absolute Gasteiger partial charge is 0.134 e. The molecule has 0 aromatic rings. The third kappa shape index (κ3) is 1.83. The van der Waals surface area contributed by atoms with Crippen molar-refractivity contribution >= 4 is 15.2 Å². The Morgan fingerprint density at radius 2 is 1.08 bits per heavy atom. The highest BCUT2D eigenvalue weighted by Gasteiger charge is 2.39. The molecule has 0 fully saturated rings. The molecule has 0 saturated heterocycles. The van der Waals surface area contributed by atoms with Crippen molar-refractivity contribution in [1.29, 1.82) is 0 Å². The van der Waals surface area contributed by atoms with Crippen LogP contribution in [0.3, 0.4) is 0 Å². The molecule has 1 rings (SSSR count). The van der Waals surface area contributed by atoms with Gasteiger partial charge in [0.15, 0.2) is 0 Å². The van der Waals surface area contributed by atoms with Gasteiger partial charge in [-0.05, 0) is 0 Å². The molecular formula is C10H16Si2. The summed E-state index contributed by atoms with van der Waals surface area (Å²) in [6, 6.07) is 0. The van der Waals surface area contributed by atoms with E-state index in [0.717, 1.165) is 12.8 Å². The summed E-state index contributed by atoms with van der Waals surface area (Å²) in [5.74, 6) is 6.55. The molecule has 64 valence electrons. The molecule has 0 unspecified atom stereocenters. The average Bonchev–Trinajstić information content (AvgIpc) is 1.94. The highest BCUT2D eigenvalue weighted by molar-refractivity contribution is 7.46. The van der Waals surface area contributed by atoms with Crippen LogP contribution in [-0.2, 0) is 0 Å². The highest BCUT2D eigenvalue weighted by atomic mass is 29.3. The van der Waals surface area contributed by atoms with Crippen molar-refractivity contribution in [3.05, 3.63) is 0 Å². The molecule has 0 amide bonds. The van der Waals surface area contributed by atoms with Gasteiger partial charge in [0.25, 0.3) is 0 Å². The van der Waals surface area contributed by atoms with E-state index in [1.807, 2.05) is 0 Å². The van der Waals surface area contributed by atoms with Gasteiger partial charge in [-0.1, -0.05) is 26.2 Å². The van der Waals surface area contributed by atoms with Crippen LogP contribution in [0.4, 0.5) is 0 Å². The van der Waals surface area contributed by atoms with Crippen molar-refractivity contribution in [2.75, 3.05) is 0 Å². The summed E-state index contributed by atoms with van der Waals surface area (Å²) in [5.41, 5.74) is 7.00. The maximum Gasteiger partial charge on any atom is 0.138 e. The quantitative estimate of drug-likeness (QED) is 0.408. The molecule has 0 saturated carbocycles. The van der Waals surface area contributed by atoms with Gasteiger partial charge in [0, 0.05) is 12.8 Å². The fourth-order valence-electron chi connectivity index (χ4n) is 1.00. The Morgan fingerprint density at radius 3 is 1.42 bits per heavy atom. The van der Waals surface area contributed by atoms with Crippen molar-refractivity contribution in [2.45, 2.75) is 39.0 Å². The third-order valence-corrected chi connectivity index (χ3v) is 17.6. The molecule has 0 aliphatic carbocycles. The molecule has 0 aromatic carbocycles. The Morgan fingerprint density at radius 1 is 0.750 bits per heavy atom.